The summed E-state index contributed by atoms with van der Waals surface area (Å²) < 4.78 is 19.8. The van der Waals surface area contributed by atoms with Crippen molar-refractivity contribution in [2.45, 2.75) is 26.2 Å². The van der Waals surface area contributed by atoms with Crippen LogP contribution in [0.25, 0.3) is 11.1 Å². The van der Waals surface area contributed by atoms with Crippen LogP contribution in [0.1, 0.15) is 40.7 Å². The number of nitrogens with zero attached hydrogens (tertiary/aromatic N) is 1. The molecule has 3 aromatic rings. The number of amides is 1. The first-order valence-electron chi connectivity index (χ1n) is 13.0. The number of phenolic OH excluding ortho intramolecular Hbond substituents is 1. The number of carbonyl (C=O) groups is 1. The highest BCUT2D eigenvalue weighted by Crippen LogP contribution is 2.41. The molecule has 0 aromatic heterocycles. The molecule has 1 aliphatic carbocycles. The summed E-state index contributed by atoms with van der Waals surface area (Å²) in [6.45, 7) is 3.70. The van der Waals surface area contributed by atoms with Crippen molar-refractivity contribution >= 4 is 17.1 Å². The number of aromatic hydroxyl groups is 1. The summed E-state index contributed by atoms with van der Waals surface area (Å²) in [7, 11) is 3.44. The van der Waals surface area contributed by atoms with E-state index in [1.165, 1.54) is 16.5 Å². The molecule has 0 fully saturated rings. The van der Waals surface area contributed by atoms with Crippen molar-refractivity contribution in [3.05, 3.63) is 106 Å². The van der Waals surface area contributed by atoms with Crippen molar-refractivity contribution < 1.29 is 19.0 Å². The fourth-order valence-electron chi connectivity index (χ4n) is 4.79. The van der Waals surface area contributed by atoms with Gasteiger partial charge in [-0.15, -0.1) is 0 Å². The Bertz CT molecular complexity index is 1340. The van der Waals surface area contributed by atoms with E-state index in [4.69, 9.17) is 4.74 Å². The summed E-state index contributed by atoms with van der Waals surface area (Å²) in [6.07, 6.45) is 6.02. The molecule has 0 saturated heterocycles. The highest BCUT2D eigenvalue weighted by Gasteiger charge is 2.21. The molecule has 2 N–H and O–H groups in total. The number of fused-ring (bicyclic) bond motifs is 1. The van der Waals surface area contributed by atoms with Crippen LogP contribution in [0.3, 0.4) is 0 Å². The van der Waals surface area contributed by atoms with Gasteiger partial charge in [-0.1, -0.05) is 30.3 Å². The van der Waals surface area contributed by atoms with Crippen LogP contribution in [-0.4, -0.2) is 49.7 Å². The Balaban J connectivity index is 1.54. The van der Waals surface area contributed by atoms with Gasteiger partial charge >= 0.3 is 0 Å². The standard InChI is InChI=1S/C32H35FN2O3/c1-22-20-25(33)11-15-28(22)30-7-4-6-24-21-26(36)12-16-29(24)32(30)23-9-13-27(14-10-23)38-19-18-34-17-5-8-31(37)35(2)3/h5,8-16,20-21,34,36H,4,6-7,17-19H2,1-3H3/b8-5+. The van der Waals surface area contributed by atoms with E-state index in [0.717, 1.165) is 58.4 Å². The molecule has 0 radical (unpaired) electrons. The first kappa shape index (κ1) is 27.1. The summed E-state index contributed by atoms with van der Waals surface area (Å²) in [5, 5.41) is 13.4. The molecule has 0 atom stereocenters. The maximum absolute atomic E-state index is 13.9. The molecule has 0 aliphatic heterocycles. The third-order valence-corrected chi connectivity index (χ3v) is 6.70. The molecule has 3 aromatic carbocycles. The number of benzene rings is 3. The largest absolute Gasteiger partial charge is 0.508 e. The van der Waals surface area contributed by atoms with E-state index in [9.17, 15) is 14.3 Å². The van der Waals surface area contributed by atoms with E-state index in [2.05, 4.69) is 17.4 Å². The van der Waals surface area contributed by atoms with Crippen molar-refractivity contribution in [2.75, 3.05) is 33.8 Å². The molecule has 0 bridgehead atoms. The highest BCUT2D eigenvalue weighted by molar-refractivity contribution is 6.00. The Morgan fingerprint density at radius 2 is 1.82 bits per heavy atom. The molecule has 0 heterocycles. The fourth-order valence-corrected chi connectivity index (χ4v) is 4.79. The quantitative estimate of drug-likeness (QED) is 0.282. The minimum Gasteiger partial charge on any atom is -0.508 e. The zero-order chi connectivity index (χ0) is 27.1. The van der Waals surface area contributed by atoms with Crippen molar-refractivity contribution in [1.29, 1.82) is 0 Å². The van der Waals surface area contributed by atoms with Crippen LogP contribution in [-0.2, 0) is 11.2 Å². The van der Waals surface area contributed by atoms with Gasteiger partial charge in [0.25, 0.3) is 0 Å². The van der Waals surface area contributed by atoms with Gasteiger partial charge < -0.3 is 20.1 Å². The van der Waals surface area contributed by atoms with Gasteiger partial charge in [0.15, 0.2) is 0 Å². The molecule has 4 rings (SSSR count). The predicted octanol–water partition coefficient (Wildman–Crippen LogP) is 5.75. The lowest BCUT2D eigenvalue weighted by atomic mass is 9.86. The van der Waals surface area contributed by atoms with Crippen LogP contribution >= 0.6 is 0 Å². The van der Waals surface area contributed by atoms with E-state index < -0.39 is 0 Å². The maximum Gasteiger partial charge on any atom is 0.245 e. The van der Waals surface area contributed by atoms with Gasteiger partial charge in [-0.25, -0.2) is 4.39 Å². The Labute approximate surface area is 224 Å². The Kier molecular flexibility index (Phi) is 8.98. The van der Waals surface area contributed by atoms with Gasteiger partial charge in [-0.3, -0.25) is 4.79 Å². The number of nitrogens with one attached hydrogen (secondary N) is 1. The van der Waals surface area contributed by atoms with E-state index in [-0.39, 0.29) is 17.5 Å². The number of hydrogen-bond acceptors (Lipinski definition) is 4. The number of hydrogen-bond donors (Lipinski definition) is 2. The fraction of sp³-hybridized carbons (Fsp3) is 0.281. The molecule has 5 nitrogen and oxygen atoms in total. The topological polar surface area (TPSA) is 61.8 Å². The average molecular weight is 515 g/mol. The average Bonchev–Trinajstić information content (AvgIpc) is 3.07. The lowest BCUT2D eigenvalue weighted by Gasteiger charge is -2.18. The van der Waals surface area contributed by atoms with Gasteiger partial charge in [0, 0.05) is 33.3 Å². The zero-order valence-corrected chi connectivity index (χ0v) is 22.3. The van der Waals surface area contributed by atoms with E-state index >= 15 is 0 Å². The van der Waals surface area contributed by atoms with Crippen molar-refractivity contribution in [3.8, 4) is 11.5 Å². The van der Waals surface area contributed by atoms with Crippen LogP contribution in [0.2, 0.25) is 0 Å². The lowest BCUT2D eigenvalue weighted by Crippen LogP contribution is -2.22. The number of likely N-dealkylation sites (N-methyl/N-ethyl adjacent to an activating group) is 1. The van der Waals surface area contributed by atoms with Gasteiger partial charge in [-0.05, 0) is 102 Å². The molecule has 1 aliphatic rings. The summed E-state index contributed by atoms with van der Waals surface area (Å²) in [6, 6.07) is 18.6. The van der Waals surface area contributed by atoms with Crippen LogP contribution in [0.15, 0.2) is 72.8 Å². The Hall–Kier alpha value is -3.90. The molecule has 6 heteroatoms. The molecule has 38 heavy (non-hydrogen) atoms. The summed E-state index contributed by atoms with van der Waals surface area (Å²) >= 11 is 0. The lowest BCUT2D eigenvalue weighted by molar-refractivity contribution is -0.123. The number of phenols is 1. The van der Waals surface area contributed by atoms with Crippen LogP contribution in [0, 0.1) is 12.7 Å². The molecule has 0 saturated carbocycles. The SMILES string of the molecule is Cc1cc(F)ccc1C1=C(c2ccc(OCCNC/C=C/C(=O)N(C)C)cc2)c2ccc(O)cc2CCC1. The third kappa shape index (κ3) is 6.69. The smallest absolute Gasteiger partial charge is 0.245 e. The van der Waals surface area contributed by atoms with Crippen molar-refractivity contribution in [2.24, 2.45) is 0 Å². The number of allylic oxidation sites excluding steroid dienone is 1. The van der Waals surface area contributed by atoms with Gasteiger partial charge in [0.05, 0.1) is 0 Å². The molecular weight excluding hydrogens is 479 g/mol. The zero-order valence-electron chi connectivity index (χ0n) is 22.3. The first-order valence-corrected chi connectivity index (χ1v) is 13.0. The Morgan fingerprint density at radius 1 is 1.05 bits per heavy atom. The second-order valence-electron chi connectivity index (χ2n) is 9.72. The van der Waals surface area contributed by atoms with Crippen LogP contribution in [0.5, 0.6) is 11.5 Å². The summed E-state index contributed by atoms with van der Waals surface area (Å²) in [4.78, 5) is 13.1. The number of halogens is 1. The van der Waals surface area contributed by atoms with Gasteiger partial charge in [0.1, 0.15) is 23.9 Å². The number of ether oxygens (including phenoxy) is 1. The Morgan fingerprint density at radius 3 is 2.55 bits per heavy atom. The van der Waals surface area contributed by atoms with Gasteiger partial charge in [0.2, 0.25) is 5.91 Å². The maximum atomic E-state index is 13.9. The van der Waals surface area contributed by atoms with Crippen molar-refractivity contribution in [3.63, 3.8) is 0 Å². The van der Waals surface area contributed by atoms with Crippen molar-refractivity contribution in [1.82, 2.24) is 10.2 Å². The van der Waals surface area contributed by atoms with E-state index in [1.807, 2.05) is 37.3 Å². The molecule has 1 amide bonds. The molecule has 0 unspecified atom stereocenters. The number of aryl methyl sites for hydroxylation is 2. The molecular formula is C32H35FN2O3. The molecule has 198 valence electrons. The minimum absolute atomic E-state index is 0.0379. The second kappa shape index (κ2) is 12.6. The highest BCUT2D eigenvalue weighted by atomic mass is 19.1. The minimum atomic E-state index is -0.235. The monoisotopic (exact) mass is 514 g/mol. The number of carbonyl (C=O) groups excluding carboxylic acids is 1. The third-order valence-electron chi connectivity index (χ3n) is 6.70. The normalized spacial score (nSPS) is 13.4. The summed E-state index contributed by atoms with van der Waals surface area (Å²) in [5.74, 6) is 0.765. The van der Waals surface area contributed by atoms with E-state index in [1.54, 1.807) is 38.4 Å². The molecule has 0 spiro atoms. The summed E-state index contributed by atoms with van der Waals surface area (Å²) in [5.41, 5.74) is 7.52. The van der Waals surface area contributed by atoms with Gasteiger partial charge in [-0.2, -0.15) is 0 Å². The van der Waals surface area contributed by atoms with Crippen LogP contribution in [0.4, 0.5) is 4.39 Å². The van der Waals surface area contributed by atoms with Crippen LogP contribution < -0.4 is 10.1 Å². The number of rotatable bonds is 9. The second-order valence-corrected chi connectivity index (χ2v) is 9.72. The van der Waals surface area contributed by atoms with E-state index in [0.29, 0.717) is 19.7 Å². The predicted molar refractivity (Wildman–Crippen MR) is 151 cm³/mol. The first-order chi connectivity index (χ1) is 18.3.